The summed E-state index contributed by atoms with van der Waals surface area (Å²) < 4.78 is 0. The lowest BCUT2D eigenvalue weighted by Gasteiger charge is -2.24. The van der Waals surface area contributed by atoms with Crippen LogP contribution in [0.5, 0.6) is 0 Å². The molecule has 18 heavy (non-hydrogen) atoms. The summed E-state index contributed by atoms with van der Waals surface area (Å²) in [4.78, 5) is 12.1. The normalized spacial score (nSPS) is 21.3. The molecule has 1 aliphatic heterocycles. The first-order chi connectivity index (χ1) is 8.66. The van der Waals surface area contributed by atoms with Gasteiger partial charge in [-0.3, -0.25) is 4.79 Å². The molecule has 1 aromatic rings. The first kappa shape index (κ1) is 13.1. The van der Waals surface area contributed by atoms with Crippen LogP contribution >= 0.6 is 0 Å². The van der Waals surface area contributed by atoms with Crippen molar-refractivity contribution in [2.75, 3.05) is 13.1 Å². The molecule has 1 amide bonds. The number of hydrogen-bond acceptors (Lipinski definition) is 2. The Labute approximate surface area is 109 Å². The molecular formula is C15H22N2O. The van der Waals surface area contributed by atoms with E-state index in [1.165, 1.54) is 5.56 Å². The molecule has 2 N–H and O–H groups in total. The summed E-state index contributed by atoms with van der Waals surface area (Å²) in [5.41, 5.74) is 2.41. The van der Waals surface area contributed by atoms with Gasteiger partial charge in [0.1, 0.15) is 0 Å². The van der Waals surface area contributed by atoms with Crippen molar-refractivity contribution in [1.82, 2.24) is 10.6 Å². The van der Waals surface area contributed by atoms with Crippen molar-refractivity contribution in [2.24, 2.45) is 5.92 Å². The Morgan fingerprint density at radius 2 is 2.11 bits per heavy atom. The van der Waals surface area contributed by atoms with Crippen LogP contribution in [0.15, 0.2) is 24.3 Å². The average molecular weight is 246 g/mol. The molecule has 3 heteroatoms. The van der Waals surface area contributed by atoms with Crippen LogP contribution in [0.2, 0.25) is 0 Å². The van der Waals surface area contributed by atoms with Gasteiger partial charge in [-0.1, -0.05) is 29.8 Å². The third-order valence-corrected chi connectivity index (χ3v) is 3.60. The van der Waals surface area contributed by atoms with Gasteiger partial charge in [-0.05, 0) is 38.8 Å². The molecule has 0 aromatic heterocycles. The molecule has 1 heterocycles. The van der Waals surface area contributed by atoms with E-state index in [-0.39, 0.29) is 17.9 Å². The molecule has 1 saturated heterocycles. The van der Waals surface area contributed by atoms with Crippen LogP contribution in [-0.2, 0) is 4.79 Å². The van der Waals surface area contributed by atoms with Gasteiger partial charge in [0, 0.05) is 6.54 Å². The van der Waals surface area contributed by atoms with Gasteiger partial charge in [-0.25, -0.2) is 0 Å². The van der Waals surface area contributed by atoms with Gasteiger partial charge in [-0.2, -0.15) is 0 Å². The third kappa shape index (κ3) is 3.33. The second kappa shape index (κ2) is 6.01. The van der Waals surface area contributed by atoms with Gasteiger partial charge in [0.05, 0.1) is 12.0 Å². The SMILES string of the molecule is Cc1ccc(C(C)NC(=O)C2CCCNC2)cc1. The molecular weight excluding hydrogens is 224 g/mol. The van der Waals surface area contributed by atoms with Gasteiger partial charge < -0.3 is 10.6 Å². The topological polar surface area (TPSA) is 41.1 Å². The van der Waals surface area contributed by atoms with Gasteiger partial charge in [-0.15, -0.1) is 0 Å². The molecule has 1 aliphatic rings. The number of hydrogen-bond donors (Lipinski definition) is 2. The number of carbonyl (C=O) groups is 1. The highest BCUT2D eigenvalue weighted by atomic mass is 16.1. The van der Waals surface area contributed by atoms with Crippen LogP contribution in [0.3, 0.4) is 0 Å². The Morgan fingerprint density at radius 1 is 1.39 bits per heavy atom. The Bertz CT molecular complexity index is 393. The predicted molar refractivity (Wildman–Crippen MR) is 73.3 cm³/mol. The van der Waals surface area contributed by atoms with Crippen molar-refractivity contribution in [2.45, 2.75) is 32.7 Å². The predicted octanol–water partition coefficient (Wildman–Crippen LogP) is 2.17. The molecule has 3 nitrogen and oxygen atoms in total. The summed E-state index contributed by atoms with van der Waals surface area (Å²) in [7, 11) is 0. The molecule has 0 aliphatic carbocycles. The number of piperidine rings is 1. The monoisotopic (exact) mass is 246 g/mol. The minimum atomic E-state index is 0.0834. The molecule has 2 rings (SSSR count). The average Bonchev–Trinajstić information content (AvgIpc) is 2.40. The van der Waals surface area contributed by atoms with Crippen molar-refractivity contribution >= 4 is 5.91 Å². The van der Waals surface area contributed by atoms with Gasteiger partial charge in [0.2, 0.25) is 5.91 Å². The highest BCUT2D eigenvalue weighted by molar-refractivity contribution is 5.79. The lowest BCUT2D eigenvalue weighted by atomic mass is 9.98. The van der Waals surface area contributed by atoms with Gasteiger partial charge >= 0.3 is 0 Å². The summed E-state index contributed by atoms with van der Waals surface area (Å²) in [5, 5.41) is 6.38. The highest BCUT2D eigenvalue weighted by Gasteiger charge is 2.22. The first-order valence-electron chi connectivity index (χ1n) is 6.74. The molecule has 0 bridgehead atoms. The Hall–Kier alpha value is -1.35. The fourth-order valence-electron chi connectivity index (χ4n) is 2.35. The quantitative estimate of drug-likeness (QED) is 0.858. The lowest BCUT2D eigenvalue weighted by Crippen LogP contribution is -2.41. The van der Waals surface area contributed by atoms with E-state index in [0.717, 1.165) is 31.5 Å². The lowest BCUT2D eigenvalue weighted by molar-refractivity contribution is -0.126. The van der Waals surface area contributed by atoms with Crippen molar-refractivity contribution in [3.8, 4) is 0 Å². The minimum absolute atomic E-state index is 0.0834. The van der Waals surface area contributed by atoms with Crippen molar-refractivity contribution < 1.29 is 4.79 Å². The van der Waals surface area contributed by atoms with Gasteiger partial charge in [0.25, 0.3) is 0 Å². The Balaban J connectivity index is 1.91. The number of nitrogens with one attached hydrogen (secondary N) is 2. The number of aryl methyl sites for hydroxylation is 1. The number of amides is 1. The van der Waals surface area contributed by atoms with Crippen LogP contribution in [0, 0.1) is 12.8 Å². The maximum atomic E-state index is 12.1. The standard InChI is InChI=1S/C15H22N2O/c1-11-5-7-13(8-6-11)12(2)17-15(18)14-4-3-9-16-10-14/h5-8,12,14,16H,3-4,9-10H2,1-2H3,(H,17,18). The summed E-state index contributed by atoms with van der Waals surface area (Å²) in [6.07, 6.45) is 2.09. The van der Waals surface area contributed by atoms with E-state index in [0.29, 0.717) is 0 Å². The van der Waals surface area contributed by atoms with Crippen LogP contribution in [0.1, 0.15) is 36.9 Å². The van der Waals surface area contributed by atoms with Gasteiger partial charge in [0.15, 0.2) is 0 Å². The van der Waals surface area contributed by atoms with E-state index >= 15 is 0 Å². The Kier molecular flexibility index (Phi) is 4.37. The summed E-state index contributed by atoms with van der Waals surface area (Å²) >= 11 is 0. The van der Waals surface area contributed by atoms with Crippen molar-refractivity contribution in [1.29, 1.82) is 0 Å². The second-order valence-electron chi connectivity index (χ2n) is 5.18. The zero-order valence-corrected chi connectivity index (χ0v) is 11.2. The van der Waals surface area contributed by atoms with E-state index in [1.54, 1.807) is 0 Å². The van der Waals surface area contributed by atoms with Crippen LogP contribution in [-0.4, -0.2) is 19.0 Å². The molecule has 2 unspecified atom stereocenters. The molecule has 98 valence electrons. The third-order valence-electron chi connectivity index (χ3n) is 3.60. The van der Waals surface area contributed by atoms with E-state index in [1.807, 2.05) is 6.92 Å². The van der Waals surface area contributed by atoms with Crippen LogP contribution in [0.25, 0.3) is 0 Å². The number of benzene rings is 1. The highest BCUT2D eigenvalue weighted by Crippen LogP contribution is 2.16. The minimum Gasteiger partial charge on any atom is -0.349 e. The second-order valence-corrected chi connectivity index (χ2v) is 5.18. The number of rotatable bonds is 3. The van der Waals surface area contributed by atoms with E-state index in [9.17, 15) is 4.79 Å². The zero-order chi connectivity index (χ0) is 13.0. The Morgan fingerprint density at radius 3 is 2.72 bits per heavy atom. The fourth-order valence-corrected chi connectivity index (χ4v) is 2.35. The summed E-state index contributed by atoms with van der Waals surface area (Å²) in [6.45, 7) is 5.96. The maximum absolute atomic E-state index is 12.1. The zero-order valence-electron chi connectivity index (χ0n) is 11.2. The molecule has 1 aromatic carbocycles. The smallest absolute Gasteiger partial charge is 0.224 e. The van der Waals surface area contributed by atoms with E-state index in [4.69, 9.17) is 0 Å². The van der Waals surface area contributed by atoms with Crippen molar-refractivity contribution in [3.05, 3.63) is 35.4 Å². The van der Waals surface area contributed by atoms with E-state index < -0.39 is 0 Å². The fraction of sp³-hybridized carbons (Fsp3) is 0.533. The summed E-state index contributed by atoms with van der Waals surface area (Å²) in [5.74, 6) is 0.307. The van der Waals surface area contributed by atoms with Crippen LogP contribution < -0.4 is 10.6 Å². The molecule has 2 atom stereocenters. The van der Waals surface area contributed by atoms with E-state index in [2.05, 4.69) is 41.8 Å². The first-order valence-corrected chi connectivity index (χ1v) is 6.74. The molecule has 1 fully saturated rings. The van der Waals surface area contributed by atoms with Crippen LogP contribution in [0.4, 0.5) is 0 Å². The maximum Gasteiger partial charge on any atom is 0.224 e. The molecule has 0 saturated carbocycles. The summed E-state index contributed by atoms with van der Waals surface area (Å²) in [6, 6.07) is 8.42. The molecule has 0 spiro atoms. The largest absolute Gasteiger partial charge is 0.349 e. The number of carbonyl (C=O) groups excluding carboxylic acids is 1. The van der Waals surface area contributed by atoms with Crippen molar-refractivity contribution in [3.63, 3.8) is 0 Å². The molecule has 0 radical (unpaired) electrons.